The number of nitrogens with one attached hydrogen (secondary N) is 1. The molecule has 0 aliphatic carbocycles. The number of amides is 2. The zero-order valence-electron chi connectivity index (χ0n) is 14.4. The van der Waals surface area contributed by atoms with Crippen LogP contribution in [0.25, 0.3) is 0 Å². The minimum atomic E-state index is -0.0884. The summed E-state index contributed by atoms with van der Waals surface area (Å²) in [4.78, 5) is 28.1. The highest BCUT2D eigenvalue weighted by Gasteiger charge is 2.19. The van der Waals surface area contributed by atoms with Gasteiger partial charge in [-0.1, -0.05) is 25.1 Å². The van der Waals surface area contributed by atoms with Gasteiger partial charge in [-0.05, 0) is 18.7 Å². The van der Waals surface area contributed by atoms with Gasteiger partial charge in [0.05, 0.1) is 13.0 Å². The third-order valence-electron chi connectivity index (χ3n) is 4.17. The van der Waals surface area contributed by atoms with Gasteiger partial charge in [-0.15, -0.1) is 0 Å². The summed E-state index contributed by atoms with van der Waals surface area (Å²) >= 11 is 0. The summed E-state index contributed by atoms with van der Waals surface area (Å²) in [5, 5.41) is 2.78. The summed E-state index contributed by atoms with van der Waals surface area (Å²) in [5.41, 5.74) is 0. The van der Waals surface area contributed by atoms with E-state index in [1.54, 1.807) is 0 Å². The Hall–Kier alpha value is -2.08. The van der Waals surface area contributed by atoms with Crippen LogP contribution in [0.3, 0.4) is 0 Å². The van der Waals surface area contributed by atoms with Gasteiger partial charge in [-0.2, -0.15) is 0 Å². The number of rotatable bonds is 8. The quantitative estimate of drug-likeness (QED) is 0.775. The maximum absolute atomic E-state index is 12.1. The summed E-state index contributed by atoms with van der Waals surface area (Å²) in [6, 6.07) is 9.41. The molecule has 1 aliphatic heterocycles. The topological polar surface area (TPSA) is 61.9 Å². The molecular weight excluding hydrogens is 306 g/mol. The lowest BCUT2D eigenvalue weighted by molar-refractivity contribution is -0.132. The van der Waals surface area contributed by atoms with E-state index < -0.39 is 0 Å². The maximum atomic E-state index is 12.1. The molecule has 1 aromatic rings. The number of nitrogens with zero attached hydrogens (tertiary/aromatic N) is 2. The first-order valence-corrected chi connectivity index (χ1v) is 8.63. The molecule has 0 bridgehead atoms. The van der Waals surface area contributed by atoms with Crippen molar-refractivity contribution in [1.82, 2.24) is 15.1 Å². The van der Waals surface area contributed by atoms with E-state index in [1.807, 2.05) is 35.2 Å². The maximum Gasteiger partial charge on any atom is 0.224 e. The van der Waals surface area contributed by atoms with Crippen LogP contribution in [-0.2, 0) is 9.59 Å². The molecule has 1 aromatic carbocycles. The Morgan fingerprint density at radius 1 is 1.08 bits per heavy atom. The van der Waals surface area contributed by atoms with Crippen LogP contribution in [0.2, 0.25) is 0 Å². The summed E-state index contributed by atoms with van der Waals surface area (Å²) < 4.78 is 5.48. The van der Waals surface area contributed by atoms with E-state index in [0.717, 1.165) is 38.5 Å². The van der Waals surface area contributed by atoms with Crippen LogP contribution in [0.4, 0.5) is 0 Å². The standard InChI is InChI=1S/C18H27N3O3/c1-2-20-11-13-21(14-12-20)18(23)8-10-19-17(22)9-15-24-16-6-4-3-5-7-16/h3-7H,2,8-15H2,1H3,(H,19,22). The van der Waals surface area contributed by atoms with E-state index in [-0.39, 0.29) is 18.2 Å². The van der Waals surface area contributed by atoms with Crippen LogP contribution < -0.4 is 10.1 Å². The van der Waals surface area contributed by atoms with Gasteiger partial charge < -0.3 is 19.9 Å². The predicted molar refractivity (Wildman–Crippen MR) is 92.9 cm³/mol. The minimum Gasteiger partial charge on any atom is -0.493 e. The Morgan fingerprint density at radius 3 is 2.46 bits per heavy atom. The fourth-order valence-electron chi connectivity index (χ4n) is 2.65. The second-order valence-electron chi connectivity index (χ2n) is 5.83. The first-order chi connectivity index (χ1) is 11.7. The molecule has 132 valence electrons. The monoisotopic (exact) mass is 333 g/mol. The number of hydrogen-bond acceptors (Lipinski definition) is 4. The van der Waals surface area contributed by atoms with Crippen LogP contribution in [0.15, 0.2) is 30.3 Å². The Bertz CT molecular complexity index is 514. The van der Waals surface area contributed by atoms with Gasteiger partial charge in [0.1, 0.15) is 5.75 Å². The number of carbonyl (C=O) groups is 2. The van der Waals surface area contributed by atoms with Gasteiger partial charge in [0.2, 0.25) is 11.8 Å². The molecule has 6 nitrogen and oxygen atoms in total. The molecule has 2 amide bonds. The lowest BCUT2D eigenvalue weighted by atomic mass is 10.2. The first-order valence-electron chi connectivity index (χ1n) is 8.63. The van der Waals surface area contributed by atoms with Crippen molar-refractivity contribution in [2.24, 2.45) is 0 Å². The molecular formula is C18H27N3O3. The molecule has 0 spiro atoms. The molecule has 0 radical (unpaired) electrons. The summed E-state index contributed by atoms with van der Waals surface area (Å²) in [6.07, 6.45) is 0.648. The summed E-state index contributed by atoms with van der Waals surface area (Å²) in [7, 11) is 0. The van der Waals surface area contributed by atoms with Crippen molar-refractivity contribution in [3.8, 4) is 5.75 Å². The molecule has 0 unspecified atom stereocenters. The largest absolute Gasteiger partial charge is 0.493 e. The average Bonchev–Trinajstić information content (AvgIpc) is 2.62. The van der Waals surface area contributed by atoms with Gasteiger partial charge in [0.25, 0.3) is 0 Å². The molecule has 0 aromatic heterocycles. The zero-order chi connectivity index (χ0) is 17.2. The molecule has 1 N–H and O–H groups in total. The number of carbonyl (C=O) groups excluding carboxylic acids is 2. The average molecular weight is 333 g/mol. The third-order valence-corrected chi connectivity index (χ3v) is 4.17. The minimum absolute atomic E-state index is 0.0884. The summed E-state index contributed by atoms with van der Waals surface area (Å²) in [5.74, 6) is 0.785. The van der Waals surface area contributed by atoms with Crippen LogP contribution in [0.1, 0.15) is 19.8 Å². The van der Waals surface area contributed by atoms with E-state index in [2.05, 4.69) is 17.1 Å². The van der Waals surface area contributed by atoms with E-state index >= 15 is 0 Å². The molecule has 1 heterocycles. The fourth-order valence-corrected chi connectivity index (χ4v) is 2.65. The summed E-state index contributed by atoms with van der Waals surface area (Å²) in [6.45, 7) is 7.32. The molecule has 1 aliphatic rings. The van der Waals surface area contributed by atoms with Crippen molar-refractivity contribution in [3.63, 3.8) is 0 Å². The van der Waals surface area contributed by atoms with E-state index in [9.17, 15) is 9.59 Å². The highest BCUT2D eigenvalue weighted by atomic mass is 16.5. The number of ether oxygens (including phenoxy) is 1. The first kappa shape index (κ1) is 18.3. The molecule has 2 rings (SSSR count). The SMILES string of the molecule is CCN1CCN(C(=O)CCNC(=O)CCOc2ccccc2)CC1. The molecule has 24 heavy (non-hydrogen) atoms. The predicted octanol–water partition coefficient (Wildman–Crippen LogP) is 1.13. The Kier molecular flexibility index (Phi) is 7.55. The van der Waals surface area contributed by atoms with Crippen molar-refractivity contribution in [2.75, 3.05) is 45.9 Å². The normalized spacial score (nSPS) is 15.1. The molecule has 6 heteroatoms. The van der Waals surface area contributed by atoms with E-state index in [1.165, 1.54) is 0 Å². The number of hydrogen-bond donors (Lipinski definition) is 1. The van der Waals surface area contributed by atoms with Gasteiger partial charge in [0, 0.05) is 39.1 Å². The molecule has 1 saturated heterocycles. The number of piperazine rings is 1. The fraction of sp³-hybridized carbons (Fsp3) is 0.556. The van der Waals surface area contributed by atoms with Gasteiger partial charge >= 0.3 is 0 Å². The van der Waals surface area contributed by atoms with E-state index in [4.69, 9.17) is 4.74 Å². The Balaban J connectivity index is 1.55. The van der Waals surface area contributed by atoms with Crippen LogP contribution in [-0.4, -0.2) is 67.5 Å². The third kappa shape index (κ3) is 6.20. The van der Waals surface area contributed by atoms with Gasteiger partial charge in [-0.3, -0.25) is 9.59 Å². The number of likely N-dealkylation sites (N-methyl/N-ethyl adjacent to an activating group) is 1. The highest BCUT2D eigenvalue weighted by molar-refractivity contribution is 5.79. The Labute approximate surface area is 143 Å². The number of benzene rings is 1. The molecule has 1 fully saturated rings. The van der Waals surface area contributed by atoms with Crippen molar-refractivity contribution < 1.29 is 14.3 Å². The van der Waals surface area contributed by atoms with Gasteiger partial charge in [-0.25, -0.2) is 0 Å². The molecule has 0 atom stereocenters. The van der Waals surface area contributed by atoms with Crippen molar-refractivity contribution in [3.05, 3.63) is 30.3 Å². The van der Waals surface area contributed by atoms with Gasteiger partial charge in [0.15, 0.2) is 0 Å². The van der Waals surface area contributed by atoms with E-state index in [0.29, 0.717) is 19.6 Å². The number of para-hydroxylation sites is 1. The van der Waals surface area contributed by atoms with Crippen LogP contribution >= 0.6 is 0 Å². The van der Waals surface area contributed by atoms with Crippen molar-refractivity contribution in [2.45, 2.75) is 19.8 Å². The second-order valence-corrected chi connectivity index (χ2v) is 5.83. The molecule has 0 saturated carbocycles. The van der Waals surface area contributed by atoms with Crippen LogP contribution in [0.5, 0.6) is 5.75 Å². The lowest BCUT2D eigenvalue weighted by Crippen LogP contribution is -2.49. The Morgan fingerprint density at radius 2 is 1.79 bits per heavy atom. The lowest BCUT2D eigenvalue weighted by Gasteiger charge is -2.34. The highest BCUT2D eigenvalue weighted by Crippen LogP contribution is 2.08. The second kappa shape index (κ2) is 9.93. The zero-order valence-corrected chi connectivity index (χ0v) is 14.4. The smallest absolute Gasteiger partial charge is 0.224 e. The van der Waals surface area contributed by atoms with Crippen molar-refractivity contribution >= 4 is 11.8 Å². The van der Waals surface area contributed by atoms with Crippen LogP contribution in [0, 0.1) is 0 Å². The van der Waals surface area contributed by atoms with Crippen molar-refractivity contribution in [1.29, 1.82) is 0 Å².